The van der Waals surface area contributed by atoms with Gasteiger partial charge in [-0.25, -0.2) is 4.98 Å². The molecule has 116 valence electrons. The van der Waals surface area contributed by atoms with Crippen molar-refractivity contribution in [2.24, 2.45) is 0 Å². The molecule has 0 unspecified atom stereocenters. The van der Waals surface area contributed by atoms with Crippen molar-refractivity contribution in [3.05, 3.63) is 47.4 Å². The fourth-order valence-corrected chi connectivity index (χ4v) is 2.63. The molecular weight excluding hydrogens is 278 g/mol. The highest BCUT2D eigenvalue weighted by Crippen LogP contribution is 2.24. The maximum Gasteiger partial charge on any atom is 0.223 e. The largest absolute Gasteiger partial charge is 0.445 e. The summed E-state index contributed by atoms with van der Waals surface area (Å²) in [6.45, 7) is 5.41. The number of aryl methyl sites for hydroxylation is 1. The van der Waals surface area contributed by atoms with Crippen molar-refractivity contribution in [2.45, 2.75) is 45.6 Å². The van der Waals surface area contributed by atoms with Crippen molar-refractivity contribution in [3.8, 4) is 0 Å². The smallest absolute Gasteiger partial charge is 0.223 e. The molecule has 0 fully saturated rings. The Morgan fingerprint density at radius 3 is 3.05 bits per heavy atom. The third-order valence-corrected chi connectivity index (χ3v) is 3.94. The van der Waals surface area contributed by atoms with E-state index in [0.717, 1.165) is 35.7 Å². The van der Waals surface area contributed by atoms with Crippen LogP contribution in [0.5, 0.6) is 0 Å². The van der Waals surface area contributed by atoms with Gasteiger partial charge in [0.2, 0.25) is 5.91 Å². The van der Waals surface area contributed by atoms with Crippen molar-refractivity contribution in [3.63, 3.8) is 0 Å². The number of pyridine rings is 1. The third-order valence-electron chi connectivity index (χ3n) is 3.94. The normalized spacial score (nSPS) is 14.2. The van der Waals surface area contributed by atoms with Gasteiger partial charge in [-0.3, -0.25) is 9.78 Å². The predicted octanol–water partition coefficient (Wildman–Crippen LogP) is 2.71. The van der Waals surface area contributed by atoms with E-state index in [4.69, 9.17) is 4.42 Å². The van der Waals surface area contributed by atoms with Crippen LogP contribution in [-0.4, -0.2) is 27.3 Å². The minimum absolute atomic E-state index is 0.170. The summed E-state index contributed by atoms with van der Waals surface area (Å²) < 4.78 is 5.77. The van der Waals surface area contributed by atoms with Gasteiger partial charge in [0.1, 0.15) is 11.5 Å². The Kier molecular flexibility index (Phi) is 4.22. The fraction of sp³-hybridized carbons (Fsp3) is 0.471. The number of hydrogen-bond donors (Lipinski definition) is 0. The summed E-state index contributed by atoms with van der Waals surface area (Å²) in [4.78, 5) is 22.9. The van der Waals surface area contributed by atoms with Gasteiger partial charge in [0, 0.05) is 37.7 Å². The van der Waals surface area contributed by atoms with Gasteiger partial charge < -0.3 is 9.32 Å². The average molecular weight is 299 g/mol. The van der Waals surface area contributed by atoms with Crippen LogP contribution in [0.15, 0.2) is 28.9 Å². The summed E-state index contributed by atoms with van der Waals surface area (Å²) in [5, 5.41) is 0. The molecule has 0 saturated carbocycles. The van der Waals surface area contributed by atoms with Crippen molar-refractivity contribution < 1.29 is 9.21 Å². The zero-order valence-corrected chi connectivity index (χ0v) is 13.1. The minimum atomic E-state index is 0.170. The van der Waals surface area contributed by atoms with Gasteiger partial charge in [0.15, 0.2) is 5.89 Å². The van der Waals surface area contributed by atoms with Crippen molar-refractivity contribution in [2.75, 3.05) is 6.54 Å². The molecule has 1 amide bonds. The number of rotatable bonds is 4. The number of carbonyl (C=O) groups is 1. The summed E-state index contributed by atoms with van der Waals surface area (Å²) in [5.74, 6) is 2.17. The second-order valence-electron chi connectivity index (χ2n) is 6.00. The maximum absolute atomic E-state index is 12.4. The summed E-state index contributed by atoms with van der Waals surface area (Å²) in [5.41, 5.74) is 2.02. The molecule has 0 N–H and O–H groups in total. The molecule has 3 heterocycles. The van der Waals surface area contributed by atoms with E-state index in [9.17, 15) is 4.79 Å². The molecule has 22 heavy (non-hydrogen) atoms. The van der Waals surface area contributed by atoms with Crippen LogP contribution in [0.3, 0.4) is 0 Å². The zero-order chi connectivity index (χ0) is 15.5. The Morgan fingerprint density at radius 2 is 2.32 bits per heavy atom. The molecule has 1 aliphatic heterocycles. The Labute approximate surface area is 130 Å². The van der Waals surface area contributed by atoms with Gasteiger partial charge in [-0.2, -0.15) is 0 Å². The Hall–Kier alpha value is -2.17. The van der Waals surface area contributed by atoms with E-state index < -0.39 is 0 Å². The number of aromatic nitrogens is 2. The Bertz CT molecular complexity index is 649. The lowest BCUT2D eigenvalue weighted by molar-refractivity contribution is -0.132. The summed E-state index contributed by atoms with van der Waals surface area (Å²) in [6, 6.07) is 3.90. The SMILES string of the molecule is CC(C)c1nc2c(o1)CCN(C(=O)CCc1cccnc1)C2. The summed E-state index contributed by atoms with van der Waals surface area (Å²) in [7, 11) is 0. The lowest BCUT2D eigenvalue weighted by atomic mass is 10.1. The summed E-state index contributed by atoms with van der Waals surface area (Å²) >= 11 is 0. The minimum Gasteiger partial charge on any atom is -0.445 e. The topological polar surface area (TPSA) is 59.2 Å². The number of fused-ring (bicyclic) bond motifs is 1. The molecule has 5 nitrogen and oxygen atoms in total. The van der Waals surface area contributed by atoms with Crippen LogP contribution in [0.1, 0.15) is 49.1 Å². The van der Waals surface area contributed by atoms with E-state index in [1.165, 1.54) is 0 Å². The highest BCUT2D eigenvalue weighted by molar-refractivity contribution is 5.76. The van der Waals surface area contributed by atoms with Crippen LogP contribution >= 0.6 is 0 Å². The van der Waals surface area contributed by atoms with Crippen molar-refractivity contribution in [1.29, 1.82) is 0 Å². The first-order chi connectivity index (χ1) is 10.6. The molecule has 3 rings (SSSR count). The van der Waals surface area contributed by atoms with E-state index in [0.29, 0.717) is 19.5 Å². The maximum atomic E-state index is 12.4. The number of carbonyl (C=O) groups excluding carboxylic acids is 1. The first-order valence-electron chi connectivity index (χ1n) is 7.78. The monoisotopic (exact) mass is 299 g/mol. The third kappa shape index (κ3) is 3.18. The van der Waals surface area contributed by atoms with E-state index >= 15 is 0 Å². The molecule has 2 aromatic rings. The molecule has 0 aliphatic carbocycles. The molecule has 1 aliphatic rings. The van der Waals surface area contributed by atoms with E-state index in [1.807, 2.05) is 23.2 Å². The number of hydrogen-bond acceptors (Lipinski definition) is 4. The Balaban J connectivity index is 1.60. The highest BCUT2D eigenvalue weighted by atomic mass is 16.4. The molecule has 0 spiro atoms. The van der Waals surface area contributed by atoms with Crippen LogP contribution < -0.4 is 0 Å². The van der Waals surface area contributed by atoms with Gasteiger partial charge >= 0.3 is 0 Å². The average Bonchev–Trinajstić information content (AvgIpc) is 2.97. The van der Waals surface area contributed by atoms with Crippen LogP contribution in [0, 0.1) is 0 Å². The van der Waals surface area contributed by atoms with Gasteiger partial charge in [0.25, 0.3) is 0 Å². The molecule has 5 heteroatoms. The van der Waals surface area contributed by atoms with E-state index in [2.05, 4.69) is 23.8 Å². The fourth-order valence-electron chi connectivity index (χ4n) is 2.63. The van der Waals surface area contributed by atoms with E-state index in [1.54, 1.807) is 6.20 Å². The molecule has 0 aromatic carbocycles. The summed E-state index contributed by atoms with van der Waals surface area (Å²) in [6.07, 6.45) is 5.55. The molecular formula is C17H21N3O2. The van der Waals surface area contributed by atoms with Gasteiger partial charge in [0.05, 0.1) is 6.54 Å². The first-order valence-corrected chi connectivity index (χ1v) is 7.78. The quantitative estimate of drug-likeness (QED) is 0.871. The standard InChI is InChI=1S/C17H21N3O2/c1-12(2)17-19-14-11-20(9-7-15(14)22-17)16(21)6-5-13-4-3-8-18-10-13/h3-4,8,10,12H,5-7,9,11H2,1-2H3. The predicted molar refractivity (Wildman–Crippen MR) is 82.3 cm³/mol. The lowest BCUT2D eigenvalue weighted by Gasteiger charge is -2.25. The van der Waals surface area contributed by atoms with Crippen LogP contribution in [0.2, 0.25) is 0 Å². The van der Waals surface area contributed by atoms with Gasteiger partial charge in [-0.15, -0.1) is 0 Å². The van der Waals surface area contributed by atoms with Crippen LogP contribution in [0.25, 0.3) is 0 Å². The van der Waals surface area contributed by atoms with Crippen molar-refractivity contribution >= 4 is 5.91 Å². The second kappa shape index (κ2) is 6.30. The second-order valence-corrected chi connectivity index (χ2v) is 6.00. The zero-order valence-electron chi connectivity index (χ0n) is 13.1. The molecule has 0 bridgehead atoms. The van der Waals surface area contributed by atoms with Gasteiger partial charge in [-0.1, -0.05) is 19.9 Å². The molecule has 0 atom stereocenters. The highest BCUT2D eigenvalue weighted by Gasteiger charge is 2.25. The van der Waals surface area contributed by atoms with Crippen molar-refractivity contribution in [1.82, 2.24) is 14.9 Å². The first kappa shape index (κ1) is 14.8. The number of oxazole rings is 1. The van der Waals surface area contributed by atoms with Crippen LogP contribution in [-0.2, 0) is 24.2 Å². The van der Waals surface area contributed by atoms with Crippen LogP contribution in [0.4, 0.5) is 0 Å². The Morgan fingerprint density at radius 1 is 1.45 bits per heavy atom. The number of nitrogens with zero attached hydrogens (tertiary/aromatic N) is 3. The van der Waals surface area contributed by atoms with E-state index in [-0.39, 0.29) is 11.8 Å². The lowest BCUT2D eigenvalue weighted by Crippen LogP contribution is -2.35. The molecule has 0 radical (unpaired) electrons. The molecule has 2 aromatic heterocycles. The van der Waals surface area contributed by atoms with Gasteiger partial charge in [-0.05, 0) is 18.1 Å². The molecule has 0 saturated heterocycles. The number of amides is 1.